The fourth-order valence-corrected chi connectivity index (χ4v) is 2.62. The molecule has 4 heteroatoms. The largest absolute Gasteiger partial charge is 0.507 e. The van der Waals surface area contributed by atoms with E-state index < -0.39 is 0 Å². The summed E-state index contributed by atoms with van der Waals surface area (Å²) in [4.78, 5) is 12.0. The van der Waals surface area contributed by atoms with Crippen molar-refractivity contribution < 1.29 is 15.0 Å². The third-order valence-electron chi connectivity index (χ3n) is 3.79. The lowest BCUT2D eigenvalue weighted by Gasteiger charge is -2.25. The molecule has 4 nitrogen and oxygen atoms in total. The van der Waals surface area contributed by atoms with Crippen LogP contribution in [0, 0.1) is 12.8 Å². The molecule has 1 aliphatic rings. The molecule has 104 valence electrons. The number of aliphatic hydroxyl groups excluding tert-OH is 1. The summed E-state index contributed by atoms with van der Waals surface area (Å²) in [7, 11) is 0. The van der Waals surface area contributed by atoms with Gasteiger partial charge in [-0.1, -0.05) is 18.6 Å². The molecule has 2 rings (SSSR count). The minimum atomic E-state index is -0.249. The first-order chi connectivity index (χ1) is 9.08. The Labute approximate surface area is 113 Å². The molecule has 0 spiro atoms. The van der Waals surface area contributed by atoms with Crippen molar-refractivity contribution in [2.24, 2.45) is 5.92 Å². The van der Waals surface area contributed by atoms with Crippen LogP contribution in [0.3, 0.4) is 0 Å². The van der Waals surface area contributed by atoms with E-state index in [0.29, 0.717) is 23.6 Å². The molecule has 1 fully saturated rings. The molecule has 1 amide bonds. The van der Waals surface area contributed by atoms with Crippen molar-refractivity contribution in [1.82, 2.24) is 5.32 Å². The lowest BCUT2D eigenvalue weighted by molar-refractivity contribution is 0.0871. The van der Waals surface area contributed by atoms with Crippen LogP contribution in [0.1, 0.15) is 41.6 Å². The smallest absolute Gasteiger partial charge is 0.255 e. The zero-order chi connectivity index (χ0) is 13.8. The van der Waals surface area contributed by atoms with Gasteiger partial charge in [-0.25, -0.2) is 0 Å². The molecule has 1 aliphatic carbocycles. The third-order valence-corrected chi connectivity index (χ3v) is 3.79. The first-order valence-electron chi connectivity index (χ1n) is 6.82. The van der Waals surface area contributed by atoms with Crippen LogP contribution in [0.2, 0.25) is 0 Å². The van der Waals surface area contributed by atoms with E-state index in [1.807, 2.05) is 0 Å². The average molecular weight is 263 g/mol. The van der Waals surface area contributed by atoms with E-state index in [9.17, 15) is 15.0 Å². The Morgan fingerprint density at radius 2 is 2.21 bits per heavy atom. The second-order valence-corrected chi connectivity index (χ2v) is 5.37. The normalized spacial score (nSPS) is 23.1. The summed E-state index contributed by atoms with van der Waals surface area (Å²) in [5.74, 6) is 0.129. The molecule has 2 atom stereocenters. The number of carbonyl (C=O) groups is 1. The highest BCUT2D eigenvalue weighted by atomic mass is 16.3. The number of hydrogen-bond donors (Lipinski definition) is 3. The predicted octanol–water partition coefficient (Wildman–Crippen LogP) is 1.98. The lowest BCUT2D eigenvalue weighted by Crippen LogP contribution is -2.33. The van der Waals surface area contributed by atoms with E-state index in [1.54, 1.807) is 25.1 Å². The second-order valence-electron chi connectivity index (χ2n) is 5.37. The van der Waals surface area contributed by atoms with E-state index in [4.69, 9.17) is 0 Å². The Morgan fingerprint density at radius 3 is 2.95 bits per heavy atom. The number of nitrogens with one attached hydrogen (secondary N) is 1. The first-order valence-corrected chi connectivity index (χ1v) is 6.82. The van der Waals surface area contributed by atoms with Crippen LogP contribution in [0.15, 0.2) is 18.2 Å². The molecule has 0 saturated heterocycles. The van der Waals surface area contributed by atoms with E-state index in [2.05, 4.69) is 5.32 Å². The zero-order valence-electron chi connectivity index (χ0n) is 11.2. The molecular formula is C15H21NO3. The Bertz CT molecular complexity index is 459. The van der Waals surface area contributed by atoms with Crippen LogP contribution in [0.5, 0.6) is 5.75 Å². The Morgan fingerprint density at radius 1 is 1.42 bits per heavy atom. The molecule has 1 aromatic carbocycles. The topological polar surface area (TPSA) is 69.6 Å². The van der Waals surface area contributed by atoms with Gasteiger partial charge >= 0.3 is 0 Å². The van der Waals surface area contributed by atoms with Gasteiger partial charge in [-0.3, -0.25) is 4.79 Å². The number of para-hydroxylation sites is 1. The number of benzene rings is 1. The monoisotopic (exact) mass is 263 g/mol. The van der Waals surface area contributed by atoms with Gasteiger partial charge < -0.3 is 15.5 Å². The standard InChI is InChI=1S/C15H21NO3/c1-10-4-2-7-13(14(10)18)15(19)16-9-11-5-3-6-12(17)8-11/h2,4,7,11-12,17-18H,3,5-6,8-9H2,1H3,(H,16,19). The summed E-state index contributed by atoms with van der Waals surface area (Å²) in [6.45, 7) is 2.33. The van der Waals surface area contributed by atoms with E-state index >= 15 is 0 Å². The van der Waals surface area contributed by atoms with E-state index in [1.165, 1.54) is 0 Å². The van der Waals surface area contributed by atoms with Crippen molar-refractivity contribution in [3.8, 4) is 5.75 Å². The summed E-state index contributed by atoms with van der Waals surface area (Å²) in [6.07, 6.45) is 3.43. The molecular weight excluding hydrogens is 242 g/mol. The number of aryl methyl sites for hydroxylation is 1. The van der Waals surface area contributed by atoms with Gasteiger partial charge in [0.1, 0.15) is 5.75 Å². The van der Waals surface area contributed by atoms with Crippen molar-refractivity contribution in [2.45, 2.75) is 38.7 Å². The zero-order valence-corrected chi connectivity index (χ0v) is 11.2. The maximum absolute atomic E-state index is 12.0. The summed E-state index contributed by atoms with van der Waals surface area (Å²) >= 11 is 0. The number of aliphatic hydroxyl groups is 1. The number of phenols is 1. The lowest BCUT2D eigenvalue weighted by atomic mass is 9.87. The van der Waals surface area contributed by atoms with Crippen molar-refractivity contribution in [3.05, 3.63) is 29.3 Å². The molecule has 2 unspecified atom stereocenters. The van der Waals surface area contributed by atoms with Crippen LogP contribution in [0.4, 0.5) is 0 Å². The Kier molecular flexibility index (Phi) is 4.43. The van der Waals surface area contributed by atoms with Crippen LogP contribution in [0.25, 0.3) is 0 Å². The first kappa shape index (κ1) is 13.9. The minimum absolute atomic E-state index is 0.0451. The van der Waals surface area contributed by atoms with Crippen LogP contribution >= 0.6 is 0 Å². The van der Waals surface area contributed by atoms with Gasteiger partial charge in [-0.15, -0.1) is 0 Å². The number of aromatic hydroxyl groups is 1. The minimum Gasteiger partial charge on any atom is -0.507 e. The maximum atomic E-state index is 12.0. The number of rotatable bonds is 3. The fourth-order valence-electron chi connectivity index (χ4n) is 2.62. The van der Waals surface area contributed by atoms with Crippen molar-refractivity contribution >= 4 is 5.91 Å². The third kappa shape index (κ3) is 3.47. The Balaban J connectivity index is 1.92. The molecule has 0 heterocycles. The summed E-state index contributed by atoms with van der Waals surface area (Å²) in [5.41, 5.74) is 1.01. The highest BCUT2D eigenvalue weighted by Crippen LogP contribution is 2.24. The highest BCUT2D eigenvalue weighted by Gasteiger charge is 2.21. The molecule has 3 N–H and O–H groups in total. The maximum Gasteiger partial charge on any atom is 0.255 e. The van der Waals surface area contributed by atoms with Gasteiger partial charge in [0, 0.05) is 6.54 Å². The van der Waals surface area contributed by atoms with E-state index in [-0.39, 0.29) is 17.8 Å². The molecule has 19 heavy (non-hydrogen) atoms. The number of amides is 1. The molecule has 0 aliphatic heterocycles. The van der Waals surface area contributed by atoms with Gasteiger partial charge in [-0.2, -0.15) is 0 Å². The SMILES string of the molecule is Cc1cccc(C(=O)NCC2CCCC(O)C2)c1O. The van der Waals surface area contributed by atoms with Gasteiger partial charge in [0.15, 0.2) is 0 Å². The number of hydrogen-bond acceptors (Lipinski definition) is 3. The number of phenolic OH excluding ortho intramolecular Hbond substituents is 1. The van der Waals surface area contributed by atoms with Gasteiger partial charge in [0.2, 0.25) is 0 Å². The predicted molar refractivity (Wildman–Crippen MR) is 73.1 cm³/mol. The summed E-state index contributed by atoms with van der Waals surface area (Å²) in [6, 6.07) is 5.14. The average Bonchev–Trinajstić information content (AvgIpc) is 2.39. The molecule has 0 aromatic heterocycles. The van der Waals surface area contributed by atoms with Crippen LogP contribution < -0.4 is 5.32 Å². The highest BCUT2D eigenvalue weighted by molar-refractivity contribution is 5.97. The quantitative estimate of drug-likeness (QED) is 0.781. The molecule has 0 bridgehead atoms. The van der Waals surface area contributed by atoms with Gasteiger partial charge in [0.25, 0.3) is 5.91 Å². The molecule has 0 radical (unpaired) electrons. The molecule has 1 aromatic rings. The van der Waals surface area contributed by atoms with E-state index in [0.717, 1.165) is 25.7 Å². The van der Waals surface area contributed by atoms with Gasteiger partial charge in [0.05, 0.1) is 11.7 Å². The Hall–Kier alpha value is -1.55. The summed E-state index contributed by atoms with van der Waals surface area (Å²) < 4.78 is 0. The van der Waals surface area contributed by atoms with Crippen LogP contribution in [-0.2, 0) is 0 Å². The fraction of sp³-hybridized carbons (Fsp3) is 0.533. The van der Waals surface area contributed by atoms with Crippen molar-refractivity contribution in [3.63, 3.8) is 0 Å². The summed E-state index contributed by atoms with van der Waals surface area (Å²) in [5, 5.41) is 22.3. The van der Waals surface area contributed by atoms with Crippen molar-refractivity contribution in [1.29, 1.82) is 0 Å². The van der Waals surface area contributed by atoms with Crippen molar-refractivity contribution in [2.75, 3.05) is 6.54 Å². The molecule has 1 saturated carbocycles. The number of carbonyl (C=O) groups excluding carboxylic acids is 1. The van der Waals surface area contributed by atoms with Gasteiger partial charge in [-0.05, 0) is 43.7 Å². The van der Waals surface area contributed by atoms with Crippen LogP contribution in [-0.4, -0.2) is 28.8 Å². The second kappa shape index (κ2) is 6.06.